The SMILES string of the molecule is CC(Sc1nc2scc(-c3ccccc3)c2c(=O)n1C)C(=O)NC(C)c1ccccc1. The predicted octanol–water partition coefficient (Wildman–Crippen LogP) is 5.02. The number of thioether (sulfide) groups is 1. The summed E-state index contributed by atoms with van der Waals surface area (Å²) >= 11 is 2.75. The number of carbonyl (C=O) groups is 1. The quantitative estimate of drug-likeness (QED) is 0.332. The van der Waals surface area contributed by atoms with Gasteiger partial charge in [-0.15, -0.1) is 11.3 Å². The Balaban J connectivity index is 1.57. The summed E-state index contributed by atoms with van der Waals surface area (Å²) in [7, 11) is 1.71. The van der Waals surface area contributed by atoms with Gasteiger partial charge in [-0.25, -0.2) is 4.98 Å². The number of nitrogens with one attached hydrogen (secondary N) is 1. The second kappa shape index (κ2) is 9.08. The second-order valence-corrected chi connectivity index (χ2v) is 9.52. The Morgan fingerprint density at radius 3 is 2.39 bits per heavy atom. The Hall–Kier alpha value is -2.90. The highest BCUT2D eigenvalue weighted by atomic mass is 32.2. The third-order valence-corrected chi connectivity index (χ3v) is 7.18. The zero-order valence-corrected chi connectivity index (χ0v) is 19.2. The third-order valence-electron chi connectivity index (χ3n) is 5.17. The molecule has 2 aromatic heterocycles. The molecule has 0 aliphatic carbocycles. The first-order valence-electron chi connectivity index (χ1n) is 10.0. The van der Waals surface area contributed by atoms with E-state index >= 15 is 0 Å². The number of nitrogens with zero attached hydrogens (tertiary/aromatic N) is 2. The molecule has 4 aromatic rings. The maximum atomic E-state index is 13.1. The molecule has 31 heavy (non-hydrogen) atoms. The Labute approximate surface area is 189 Å². The fourth-order valence-corrected chi connectivity index (χ4v) is 5.23. The summed E-state index contributed by atoms with van der Waals surface area (Å²) in [5.41, 5.74) is 2.84. The van der Waals surface area contributed by atoms with Gasteiger partial charge < -0.3 is 5.32 Å². The van der Waals surface area contributed by atoms with Gasteiger partial charge in [0.1, 0.15) is 4.83 Å². The van der Waals surface area contributed by atoms with Gasteiger partial charge in [0.25, 0.3) is 5.56 Å². The number of carbonyl (C=O) groups excluding carboxylic acids is 1. The van der Waals surface area contributed by atoms with Crippen LogP contribution in [0.4, 0.5) is 0 Å². The molecule has 5 nitrogen and oxygen atoms in total. The summed E-state index contributed by atoms with van der Waals surface area (Å²) in [6.07, 6.45) is 0. The van der Waals surface area contributed by atoms with E-state index in [2.05, 4.69) is 5.32 Å². The first kappa shape index (κ1) is 21.3. The molecule has 4 rings (SSSR count). The number of fused-ring (bicyclic) bond motifs is 1. The summed E-state index contributed by atoms with van der Waals surface area (Å²) in [5.74, 6) is -0.0909. The lowest BCUT2D eigenvalue weighted by atomic mass is 10.1. The van der Waals surface area contributed by atoms with E-state index in [1.807, 2.05) is 79.9 Å². The third kappa shape index (κ3) is 4.43. The van der Waals surface area contributed by atoms with Crippen LogP contribution in [0.25, 0.3) is 21.3 Å². The summed E-state index contributed by atoms with van der Waals surface area (Å²) < 4.78 is 1.54. The Morgan fingerprint density at radius 2 is 1.71 bits per heavy atom. The molecule has 0 fully saturated rings. The van der Waals surface area contributed by atoms with Gasteiger partial charge in [0.2, 0.25) is 5.91 Å². The van der Waals surface area contributed by atoms with Crippen molar-refractivity contribution in [3.05, 3.63) is 82.0 Å². The first-order valence-corrected chi connectivity index (χ1v) is 11.8. The number of amides is 1. The summed E-state index contributed by atoms with van der Waals surface area (Å²) in [4.78, 5) is 31.3. The average molecular weight is 450 g/mol. The number of benzene rings is 2. The molecular weight excluding hydrogens is 426 g/mol. The lowest BCUT2D eigenvalue weighted by Gasteiger charge is -2.18. The minimum atomic E-state index is -0.393. The van der Waals surface area contributed by atoms with E-state index in [1.165, 1.54) is 27.7 Å². The van der Waals surface area contributed by atoms with Crippen LogP contribution in [-0.2, 0) is 11.8 Å². The van der Waals surface area contributed by atoms with Crippen LogP contribution in [0.2, 0.25) is 0 Å². The van der Waals surface area contributed by atoms with Crippen LogP contribution in [0.15, 0.2) is 76.0 Å². The Bertz CT molecular complexity index is 1270. The van der Waals surface area contributed by atoms with Crippen molar-refractivity contribution in [2.24, 2.45) is 7.05 Å². The lowest BCUT2D eigenvalue weighted by Crippen LogP contribution is -2.33. The van der Waals surface area contributed by atoms with Gasteiger partial charge >= 0.3 is 0 Å². The zero-order chi connectivity index (χ0) is 22.0. The smallest absolute Gasteiger partial charge is 0.263 e. The van der Waals surface area contributed by atoms with Crippen molar-refractivity contribution in [2.75, 3.05) is 0 Å². The molecule has 0 saturated heterocycles. The van der Waals surface area contributed by atoms with Crippen molar-refractivity contribution in [1.82, 2.24) is 14.9 Å². The molecule has 0 spiro atoms. The highest BCUT2D eigenvalue weighted by Crippen LogP contribution is 2.32. The standard InChI is InChI=1S/C24H23N3O2S2/c1-15(17-10-6-4-7-11-17)25-21(28)16(2)31-24-26-22-20(23(29)27(24)3)19(14-30-22)18-12-8-5-9-13-18/h4-16H,1-3H3,(H,25,28). The van der Waals surface area contributed by atoms with E-state index in [0.717, 1.165) is 16.7 Å². The highest BCUT2D eigenvalue weighted by Gasteiger charge is 2.21. The van der Waals surface area contributed by atoms with Crippen molar-refractivity contribution < 1.29 is 4.79 Å². The van der Waals surface area contributed by atoms with Crippen LogP contribution < -0.4 is 10.9 Å². The van der Waals surface area contributed by atoms with Crippen molar-refractivity contribution >= 4 is 39.2 Å². The monoisotopic (exact) mass is 449 g/mol. The maximum Gasteiger partial charge on any atom is 0.263 e. The van der Waals surface area contributed by atoms with E-state index in [-0.39, 0.29) is 17.5 Å². The molecule has 2 unspecified atom stereocenters. The van der Waals surface area contributed by atoms with Crippen molar-refractivity contribution in [2.45, 2.75) is 30.3 Å². The van der Waals surface area contributed by atoms with E-state index < -0.39 is 5.25 Å². The molecule has 2 aromatic carbocycles. The number of hydrogen-bond donors (Lipinski definition) is 1. The molecule has 2 atom stereocenters. The largest absolute Gasteiger partial charge is 0.349 e. The van der Waals surface area contributed by atoms with Gasteiger partial charge in [0.15, 0.2) is 5.16 Å². The number of rotatable bonds is 6. The average Bonchev–Trinajstić information content (AvgIpc) is 3.22. The summed E-state index contributed by atoms with van der Waals surface area (Å²) in [6, 6.07) is 19.6. The molecule has 1 N–H and O–H groups in total. The van der Waals surface area contributed by atoms with Gasteiger partial charge in [-0.2, -0.15) is 0 Å². The highest BCUT2D eigenvalue weighted by molar-refractivity contribution is 8.00. The van der Waals surface area contributed by atoms with Gasteiger partial charge in [0.05, 0.1) is 16.7 Å². The minimum Gasteiger partial charge on any atom is -0.349 e. The Morgan fingerprint density at radius 1 is 1.06 bits per heavy atom. The molecule has 7 heteroatoms. The van der Waals surface area contributed by atoms with Crippen LogP contribution in [0.5, 0.6) is 0 Å². The van der Waals surface area contributed by atoms with E-state index in [0.29, 0.717) is 15.4 Å². The van der Waals surface area contributed by atoms with Gasteiger partial charge in [-0.3, -0.25) is 14.2 Å². The normalized spacial score (nSPS) is 13.1. The molecule has 2 heterocycles. The Kier molecular flexibility index (Phi) is 6.25. The lowest BCUT2D eigenvalue weighted by molar-refractivity contribution is -0.120. The van der Waals surface area contributed by atoms with Gasteiger partial charge in [0, 0.05) is 18.0 Å². The molecule has 0 radical (unpaired) electrons. The van der Waals surface area contributed by atoms with E-state index in [1.54, 1.807) is 7.05 Å². The molecule has 1 amide bonds. The van der Waals surface area contributed by atoms with Gasteiger partial charge in [-0.05, 0) is 25.0 Å². The van der Waals surface area contributed by atoms with Crippen molar-refractivity contribution in [3.8, 4) is 11.1 Å². The van der Waals surface area contributed by atoms with Crippen molar-refractivity contribution in [1.29, 1.82) is 0 Å². The molecule has 0 saturated carbocycles. The summed E-state index contributed by atoms with van der Waals surface area (Å²) in [5, 5.41) is 5.78. The second-order valence-electron chi connectivity index (χ2n) is 7.36. The fourth-order valence-electron chi connectivity index (χ4n) is 3.36. The number of thiophene rings is 1. The topological polar surface area (TPSA) is 64.0 Å². The zero-order valence-electron chi connectivity index (χ0n) is 17.5. The van der Waals surface area contributed by atoms with Crippen LogP contribution in [0.3, 0.4) is 0 Å². The summed E-state index contributed by atoms with van der Waals surface area (Å²) in [6.45, 7) is 3.79. The molecule has 158 valence electrons. The molecule has 0 bridgehead atoms. The van der Waals surface area contributed by atoms with Crippen molar-refractivity contribution in [3.63, 3.8) is 0 Å². The van der Waals surface area contributed by atoms with Crippen LogP contribution in [-0.4, -0.2) is 20.7 Å². The predicted molar refractivity (Wildman–Crippen MR) is 129 cm³/mol. The molecular formula is C24H23N3O2S2. The van der Waals surface area contributed by atoms with Crippen LogP contribution in [0.1, 0.15) is 25.5 Å². The van der Waals surface area contributed by atoms with Crippen LogP contribution >= 0.6 is 23.1 Å². The minimum absolute atomic E-state index is 0.0909. The van der Waals surface area contributed by atoms with E-state index in [9.17, 15) is 9.59 Å². The first-order chi connectivity index (χ1) is 15.0. The van der Waals surface area contributed by atoms with E-state index in [4.69, 9.17) is 4.98 Å². The molecule has 0 aliphatic heterocycles. The molecule has 0 aliphatic rings. The fraction of sp³-hybridized carbons (Fsp3) is 0.208. The van der Waals surface area contributed by atoms with Crippen LogP contribution in [0, 0.1) is 0 Å². The number of aromatic nitrogens is 2. The van der Waals surface area contributed by atoms with Gasteiger partial charge in [-0.1, -0.05) is 72.4 Å². The number of hydrogen-bond acceptors (Lipinski definition) is 5. The maximum absolute atomic E-state index is 13.1.